The van der Waals surface area contributed by atoms with Crippen molar-refractivity contribution in [1.82, 2.24) is 14.7 Å². The van der Waals surface area contributed by atoms with Gasteiger partial charge < -0.3 is 9.80 Å². The van der Waals surface area contributed by atoms with E-state index in [1.165, 1.54) is 0 Å². The average molecular weight is 294 g/mol. The molecule has 0 spiro atoms. The van der Waals surface area contributed by atoms with Gasteiger partial charge in [-0.1, -0.05) is 0 Å². The number of nitrogens with zero attached hydrogens (tertiary/aromatic N) is 4. The number of hydrogen-bond donors (Lipinski definition) is 1. The molecule has 1 aliphatic carbocycles. The molecule has 0 amide bonds. The third kappa shape index (κ3) is 2.86. The highest BCUT2D eigenvalue weighted by molar-refractivity contribution is 7.80. The van der Waals surface area contributed by atoms with E-state index in [1.54, 1.807) is 10.7 Å². The molecule has 0 unspecified atom stereocenters. The molecular formula is C14H22N4OS. The molecule has 20 heavy (non-hydrogen) atoms. The Labute approximate surface area is 125 Å². The highest BCUT2D eigenvalue weighted by atomic mass is 32.1. The van der Waals surface area contributed by atoms with Gasteiger partial charge in [0.25, 0.3) is 5.56 Å². The zero-order chi connectivity index (χ0) is 14.2. The van der Waals surface area contributed by atoms with Crippen molar-refractivity contribution >= 4 is 18.3 Å². The average Bonchev–Trinajstić information content (AvgIpc) is 3.22. The molecule has 5 nitrogen and oxygen atoms in total. The largest absolute Gasteiger partial charge is 0.368 e. The molecule has 0 bridgehead atoms. The SMILES string of the molecule is CN1CCN(c2cnn(CC3(CS)CC3)c(=O)c2)CC1. The normalized spacial score (nSPS) is 22.0. The van der Waals surface area contributed by atoms with E-state index in [1.807, 2.05) is 6.20 Å². The Morgan fingerprint density at radius 2 is 2.00 bits per heavy atom. The van der Waals surface area contributed by atoms with Crippen LogP contribution in [0.25, 0.3) is 0 Å². The van der Waals surface area contributed by atoms with E-state index in [9.17, 15) is 4.79 Å². The van der Waals surface area contributed by atoms with Crippen molar-refractivity contribution in [2.75, 3.05) is 43.9 Å². The van der Waals surface area contributed by atoms with Gasteiger partial charge >= 0.3 is 0 Å². The number of thiol groups is 1. The Kier molecular flexibility index (Phi) is 3.77. The van der Waals surface area contributed by atoms with Crippen LogP contribution >= 0.6 is 12.6 Å². The molecule has 0 radical (unpaired) electrons. The van der Waals surface area contributed by atoms with E-state index < -0.39 is 0 Å². The van der Waals surface area contributed by atoms with Gasteiger partial charge in [-0.15, -0.1) is 0 Å². The minimum absolute atomic E-state index is 0.00878. The van der Waals surface area contributed by atoms with Crippen LogP contribution < -0.4 is 10.5 Å². The molecule has 1 aromatic heterocycles. The Morgan fingerprint density at radius 3 is 2.55 bits per heavy atom. The highest BCUT2D eigenvalue weighted by Crippen LogP contribution is 2.47. The molecule has 1 aliphatic heterocycles. The molecule has 2 heterocycles. The molecule has 1 saturated carbocycles. The molecule has 1 aromatic rings. The summed E-state index contributed by atoms with van der Waals surface area (Å²) in [6.45, 7) is 4.69. The van der Waals surface area contributed by atoms with E-state index in [0.29, 0.717) is 6.54 Å². The molecule has 0 N–H and O–H groups in total. The molecule has 0 atom stereocenters. The van der Waals surface area contributed by atoms with Crippen LogP contribution in [0.3, 0.4) is 0 Å². The lowest BCUT2D eigenvalue weighted by Crippen LogP contribution is -2.45. The van der Waals surface area contributed by atoms with Crippen LogP contribution in [0.2, 0.25) is 0 Å². The van der Waals surface area contributed by atoms with Crippen LogP contribution in [0.1, 0.15) is 12.8 Å². The number of rotatable bonds is 4. The van der Waals surface area contributed by atoms with Gasteiger partial charge in [-0.05, 0) is 31.1 Å². The summed E-state index contributed by atoms with van der Waals surface area (Å²) < 4.78 is 1.60. The fraction of sp³-hybridized carbons (Fsp3) is 0.714. The van der Waals surface area contributed by atoms with Crippen molar-refractivity contribution in [3.05, 3.63) is 22.6 Å². The number of hydrogen-bond acceptors (Lipinski definition) is 5. The van der Waals surface area contributed by atoms with Crippen LogP contribution in [0.4, 0.5) is 5.69 Å². The fourth-order valence-corrected chi connectivity index (χ4v) is 3.06. The summed E-state index contributed by atoms with van der Waals surface area (Å²) in [5.74, 6) is 0.835. The Balaban J connectivity index is 1.72. The molecular weight excluding hydrogens is 272 g/mol. The lowest BCUT2D eigenvalue weighted by Gasteiger charge is -2.33. The third-order valence-electron chi connectivity index (χ3n) is 4.50. The van der Waals surface area contributed by atoms with Crippen LogP contribution in [-0.2, 0) is 6.54 Å². The lowest BCUT2D eigenvalue weighted by molar-refractivity contribution is 0.312. The van der Waals surface area contributed by atoms with Crippen molar-refractivity contribution < 1.29 is 0 Å². The number of anilines is 1. The first kappa shape index (κ1) is 13.9. The number of likely N-dealkylation sites (N-methyl/N-ethyl adjacent to an activating group) is 1. The van der Waals surface area contributed by atoms with Crippen LogP contribution in [0.15, 0.2) is 17.1 Å². The maximum Gasteiger partial charge on any atom is 0.268 e. The first-order chi connectivity index (χ1) is 9.62. The topological polar surface area (TPSA) is 41.4 Å². The van der Waals surface area contributed by atoms with Gasteiger partial charge in [0.15, 0.2) is 0 Å². The van der Waals surface area contributed by atoms with Crippen molar-refractivity contribution in [3.8, 4) is 0 Å². The van der Waals surface area contributed by atoms with Crippen LogP contribution in [0, 0.1) is 5.41 Å². The van der Waals surface area contributed by atoms with Crippen molar-refractivity contribution in [3.63, 3.8) is 0 Å². The standard InChI is InChI=1S/C14H22N4OS/c1-16-4-6-17(7-5-16)12-8-13(19)18(15-9-12)10-14(11-20)2-3-14/h8-9,20H,2-7,10-11H2,1H3. The molecule has 1 saturated heterocycles. The van der Waals surface area contributed by atoms with Gasteiger partial charge in [0.1, 0.15) is 0 Å². The van der Waals surface area contributed by atoms with Gasteiger partial charge in [-0.3, -0.25) is 4.79 Å². The minimum atomic E-state index is 0.00878. The summed E-state index contributed by atoms with van der Waals surface area (Å²) in [7, 11) is 2.13. The number of aromatic nitrogens is 2. The second kappa shape index (κ2) is 5.41. The number of piperazine rings is 1. The van der Waals surface area contributed by atoms with E-state index in [2.05, 4.69) is 34.6 Å². The lowest BCUT2D eigenvalue weighted by atomic mass is 10.1. The smallest absolute Gasteiger partial charge is 0.268 e. The summed E-state index contributed by atoms with van der Waals surface area (Å²) in [6.07, 6.45) is 4.15. The van der Waals surface area contributed by atoms with Gasteiger partial charge in [-0.2, -0.15) is 17.7 Å². The fourth-order valence-electron chi connectivity index (χ4n) is 2.64. The monoisotopic (exact) mass is 294 g/mol. The zero-order valence-electron chi connectivity index (χ0n) is 12.0. The zero-order valence-corrected chi connectivity index (χ0v) is 12.9. The summed E-state index contributed by atoms with van der Waals surface area (Å²) in [4.78, 5) is 16.7. The third-order valence-corrected chi connectivity index (χ3v) is 5.17. The van der Waals surface area contributed by atoms with Crippen molar-refractivity contribution in [2.45, 2.75) is 19.4 Å². The van der Waals surface area contributed by atoms with E-state index in [-0.39, 0.29) is 11.0 Å². The van der Waals surface area contributed by atoms with Gasteiger partial charge in [0.05, 0.1) is 18.4 Å². The Bertz CT molecular complexity index is 532. The second-order valence-electron chi connectivity index (χ2n) is 6.16. The first-order valence-corrected chi connectivity index (χ1v) is 7.87. The maximum atomic E-state index is 12.2. The van der Waals surface area contributed by atoms with Crippen molar-refractivity contribution in [2.24, 2.45) is 5.41 Å². The highest BCUT2D eigenvalue weighted by Gasteiger charge is 2.42. The van der Waals surface area contributed by atoms with Crippen LogP contribution in [0.5, 0.6) is 0 Å². The predicted molar refractivity (Wildman–Crippen MR) is 83.7 cm³/mol. The van der Waals surface area contributed by atoms with E-state index >= 15 is 0 Å². The van der Waals surface area contributed by atoms with Gasteiger partial charge in [-0.25, -0.2) is 4.68 Å². The summed E-state index contributed by atoms with van der Waals surface area (Å²) >= 11 is 4.38. The second-order valence-corrected chi connectivity index (χ2v) is 6.47. The predicted octanol–water partition coefficient (Wildman–Crippen LogP) is 0.705. The Morgan fingerprint density at radius 1 is 1.30 bits per heavy atom. The van der Waals surface area contributed by atoms with E-state index in [4.69, 9.17) is 0 Å². The molecule has 2 aliphatic rings. The summed E-state index contributed by atoms with van der Waals surface area (Å²) in [5.41, 5.74) is 1.18. The molecule has 6 heteroatoms. The first-order valence-electron chi connectivity index (χ1n) is 7.23. The van der Waals surface area contributed by atoms with Gasteiger partial charge in [0, 0.05) is 32.2 Å². The summed E-state index contributed by atoms with van der Waals surface area (Å²) in [6, 6.07) is 1.73. The Hall–Kier alpha value is -1.01. The minimum Gasteiger partial charge on any atom is -0.368 e. The maximum absolute atomic E-state index is 12.2. The van der Waals surface area contributed by atoms with Gasteiger partial charge in [0.2, 0.25) is 0 Å². The van der Waals surface area contributed by atoms with E-state index in [0.717, 1.165) is 50.5 Å². The van der Waals surface area contributed by atoms with Crippen molar-refractivity contribution in [1.29, 1.82) is 0 Å². The molecule has 3 rings (SSSR count). The molecule has 2 fully saturated rings. The molecule has 0 aromatic carbocycles. The quantitative estimate of drug-likeness (QED) is 0.830. The molecule has 110 valence electrons. The van der Waals surface area contributed by atoms with Crippen LogP contribution in [-0.4, -0.2) is 53.7 Å². The summed E-state index contributed by atoms with van der Waals surface area (Å²) in [5, 5.41) is 4.36.